The summed E-state index contributed by atoms with van der Waals surface area (Å²) < 4.78 is 0. The number of aliphatic hydroxyl groups excluding tert-OH is 1. The Morgan fingerprint density at radius 2 is 1.80 bits per heavy atom. The van der Waals surface area contributed by atoms with Crippen LogP contribution in [0.3, 0.4) is 0 Å². The monoisotopic (exact) mass is 421 g/mol. The summed E-state index contributed by atoms with van der Waals surface area (Å²) in [5.41, 5.74) is 4.79. The Labute approximate surface area is 181 Å². The maximum absolute atomic E-state index is 11.3. The van der Waals surface area contributed by atoms with E-state index in [9.17, 15) is 15.0 Å². The largest absolute Gasteiger partial charge is 0.478 e. The Morgan fingerprint density at radius 1 is 1.07 bits per heavy atom. The lowest BCUT2D eigenvalue weighted by molar-refractivity contribution is 0.0696. The van der Waals surface area contributed by atoms with Gasteiger partial charge in [-0.25, -0.2) is 4.79 Å². The van der Waals surface area contributed by atoms with Crippen LogP contribution in [-0.2, 0) is 6.42 Å². The van der Waals surface area contributed by atoms with E-state index < -0.39 is 12.1 Å². The molecule has 0 heterocycles. The van der Waals surface area contributed by atoms with Crippen LogP contribution in [0.25, 0.3) is 17.2 Å². The molecule has 0 unspecified atom stereocenters. The molecule has 1 atom stereocenters. The van der Waals surface area contributed by atoms with Crippen molar-refractivity contribution in [1.29, 1.82) is 0 Å². The smallest absolute Gasteiger partial charge is 0.336 e. The van der Waals surface area contributed by atoms with Gasteiger partial charge in [-0.1, -0.05) is 66.7 Å². The SMILES string of the molecule is C=Cc1cc(-c2ccc(CCNC[C@@H](O)c3cccc(Cl)c3)cc2)ccc1C(=O)O. The molecule has 0 fully saturated rings. The van der Waals surface area contributed by atoms with Gasteiger partial charge >= 0.3 is 5.97 Å². The summed E-state index contributed by atoms with van der Waals surface area (Å²) in [5, 5.41) is 23.4. The normalized spacial score (nSPS) is 11.8. The first-order valence-electron chi connectivity index (χ1n) is 9.71. The summed E-state index contributed by atoms with van der Waals surface area (Å²) in [6.07, 6.45) is 1.79. The maximum atomic E-state index is 11.3. The highest BCUT2D eigenvalue weighted by Crippen LogP contribution is 2.24. The fraction of sp³-hybridized carbons (Fsp3) is 0.160. The molecule has 0 amide bonds. The van der Waals surface area contributed by atoms with Crippen molar-refractivity contribution >= 4 is 23.6 Å². The minimum Gasteiger partial charge on any atom is -0.478 e. The number of nitrogens with one attached hydrogen (secondary N) is 1. The zero-order valence-corrected chi connectivity index (χ0v) is 17.3. The molecular formula is C25H24ClNO3. The summed E-state index contributed by atoms with van der Waals surface area (Å²) in [6.45, 7) is 4.90. The second-order valence-electron chi connectivity index (χ2n) is 7.03. The number of carboxylic acids is 1. The quantitative estimate of drug-likeness (QED) is 0.414. The summed E-state index contributed by atoms with van der Waals surface area (Å²) in [5.74, 6) is -0.959. The van der Waals surface area contributed by atoms with E-state index in [4.69, 9.17) is 11.6 Å². The Morgan fingerprint density at radius 3 is 2.47 bits per heavy atom. The fourth-order valence-corrected chi connectivity index (χ4v) is 3.47. The highest BCUT2D eigenvalue weighted by atomic mass is 35.5. The van der Waals surface area contributed by atoms with Gasteiger partial charge in [-0.15, -0.1) is 0 Å². The Bertz CT molecular complexity index is 1030. The van der Waals surface area contributed by atoms with Gasteiger partial charge in [0.1, 0.15) is 0 Å². The van der Waals surface area contributed by atoms with Crippen molar-refractivity contribution in [2.75, 3.05) is 13.1 Å². The number of aliphatic hydroxyl groups is 1. The Balaban J connectivity index is 1.55. The van der Waals surface area contributed by atoms with E-state index in [1.165, 1.54) is 5.56 Å². The molecular weight excluding hydrogens is 398 g/mol. The van der Waals surface area contributed by atoms with Gasteiger partial charge in [-0.05, 0) is 65.0 Å². The lowest BCUT2D eigenvalue weighted by Gasteiger charge is -2.13. The highest BCUT2D eigenvalue weighted by molar-refractivity contribution is 6.30. The second-order valence-corrected chi connectivity index (χ2v) is 7.47. The number of hydrogen-bond donors (Lipinski definition) is 3. The summed E-state index contributed by atoms with van der Waals surface area (Å²) in [7, 11) is 0. The molecule has 3 rings (SSSR count). The van der Waals surface area contributed by atoms with Crippen molar-refractivity contribution in [3.8, 4) is 11.1 Å². The van der Waals surface area contributed by atoms with Crippen molar-refractivity contribution in [2.24, 2.45) is 0 Å². The van der Waals surface area contributed by atoms with Crippen molar-refractivity contribution in [3.63, 3.8) is 0 Å². The average molecular weight is 422 g/mol. The molecule has 0 radical (unpaired) electrons. The van der Waals surface area contributed by atoms with Gasteiger partial charge in [0.25, 0.3) is 0 Å². The fourth-order valence-electron chi connectivity index (χ4n) is 3.27. The van der Waals surface area contributed by atoms with E-state index in [2.05, 4.69) is 24.0 Å². The Hall–Kier alpha value is -2.92. The maximum Gasteiger partial charge on any atom is 0.336 e. The molecule has 0 spiro atoms. The van der Waals surface area contributed by atoms with Crippen molar-refractivity contribution in [1.82, 2.24) is 5.32 Å². The molecule has 0 aromatic heterocycles. The minimum atomic E-state index is -0.959. The van der Waals surface area contributed by atoms with E-state index in [1.54, 1.807) is 24.3 Å². The standard InChI is InChI=1S/C25H24ClNO3/c1-2-18-14-20(10-11-23(18)25(29)30)19-8-6-17(7-9-19)12-13-27-16-24(28)21-4-3-5-22(26)15-21/h2-11,14-15,24,27-28H,1,12-13,16H2,(H,29,30)/t24-/m1/s1. The van der Waals surface area contributed by atoms with Gasteiger partial charge in [0.2, 0.25) is 0 Å². The van der Waals surface area contributed by atoms with Gasteiger partial charge in [0, 0.05) is 11.6 Å². The molecule has 3 aromatic rings. The molecule has 0 aliphatic heterocycles. The van der Waals surface area contributed by atoms with Crippen LogP contribution in [0.5, 0.6) is 0 Å². The molecule has 0 bridgehead atoms. The third-order valence-electron chi connectivity index (χ3n) is 4.95. The van der Waals surface area contributed by atoms with Gasteiger partial charge < -0.3 is 15.5 Å². The van der Waals surface area contributed by atoms with Crippen molar-refractivity contribution < 1.29 is 15.0 Å². The summed E-state index contributed by atoms with van der Waals surface area (Å²) in [4.78, 5) is 11.3. The predicted molar refractivity (Wildman–Crippen MR) is 122 cm³/mol. The Kier molecular flexibility index (Phi) is 7.41. The molecule has 5 heteroatoms. The molecule has 3 N–H and O–H groups in total. The molecule has 0 aliphatic rings. The van der Waals surface area contributed by atoms with Crippen molar-refractivity contribution in [2.45, 2.75) is 12.5 Å². The highest BCUT2D eigenvalue weighted by Gasteiger charge is 2.10. The van der Waals surface area contributed by atoms with E-state index in [-0.39, 0.29) is 5.56 Å². The van der Waals surface area contributed by atoms with E-state index >= 15 is 0 Å². The topological polar surface area (TPSA) is 69.6 Å². The molecule has 0 aliphatic carbocycles. The molecule has 154 valence electrons. The van der Waals surface area contributed by atoms with Gasteiger partial charge in [0.05, 0.1) is 11.7 Å². The molecule has 4 nitrogen and oxygen atoms in total. The van der Waals surface area contributed by atoms with Gasteiger partial charge in [-0.2, -0.15) is 0 Å². The van der Waals surface area contributed by atoms with Crippen LogP contribution < -0.4 is 5.32 Å². The predicted octanol–water partition coefficient (Wildman–Crippen LogP) is 5.21. The number of aromatic carboxylic acids is 1. The van der Waals surface area contributed by atoms with Gasteiger partial charge in [-0.3, -0.25) is 0 Å². The van der Waals surface area contributed by atoms with E-state index in [0.29, 0.717) is 17.1 Å². The van der Waals surface area contributed by atoms with E-state index in [0.717, 1.165) is 29.7 Å². The molecule has 0 saturated heterocycles. The lowest BCUT2D eigenvalue weighted by Crippen LogP contribution is -2.23. The molecule has 0 saturated carbocycles. The zero-order chi connectivity index (χ0) is 21.5. The number of carbonyl (C=O) groups is 1. The summed E-state index contributed by atoms with van der Waals surface area (Å²) in [6, 6.07) is 20.7. The third kappa shape index (κ3) is 5.57. The first-order chi connectivity index (χ1) is 14.5. The van der Waals surface area contributed by atoms with Crippen LogP contribution in [0.4, 0.5) is 0 Å². The lowest BCUT2D eigenvalue weighted by atomic mass is 9.98. The first-order valence-corrected chi connectivity index (χ1v) is 10.1. The summed E-state index contributed by atoms with van der Waals surface area (Å²) >= 11 is 5.96. The minimum absolute atomic E-state index is 0.247. The number of rotatable bonds is 9. The third-order valence-corrected chi connectivity index (χ3v) is 5.19. The van der Waals surface area contributed by atoms with E-state index in [1.807, 2.05) is 36.4 Å². The average Bonchev–Trinajstić information content (AvgIpc) is 2.76. The number of benzene rings is 3. The zero-order valence-electron chi connectivity index (χ0n) is 16.5. The number of carboxylic acid groups (broad SMARTS) is 1. The van der Waals surface area contributed by atoms with Crippen LogP contribution in [0.1, 0.15) is 33.2 Å². The molecule has 3 aromatic carbocycles. The van der Waals surface area contributed by atoms with Crippen LogP contribution in [0.15, 0.2) is 73.3 Å². The van der Waals surface area contributed by atoms with Crippen LogP contribution >= 0.6 is 11.6 Å². The van der Waals surface area contributed by atoms with Crippen molar-refractivity contribution in [3.05, 3.63) is 101 Å². The first kappa shape index (κ1) is 21.8. The second kappa shape index (κ2) is 10.2. The van der Waals surface area contributed by atoms with Crippen LogP contribution in [0.2, 0.25) is 5.02 Å². The number of halogens is 1. The number of hydrogen-bond acceptors (Lipinski definition) is 3. The van der Waals surface area contributed by atoms with Gasteiger partial charge in [0.15, 0.2) is 0 Å². The van der Waals surface area contributed by atoms with Crippen LogP contribution in [-0.4, -0.2) is 29.3 Å². The van der Waals surface area contributed by atoms with Crippen LogP contribution in [0, 0.1) is 0 Å². The molecule has 30 heavy (non-hydrogen) atoms.